The third-order valence-corrected chi connectivity index (χ3v) is 5.80. The number of rotatable bonds is 7. The number of hydrogen-bond donors (Lipinski definition) is 1. The number of likely N-dealkylation sites (tertiary alicyclic amines) is 1. The Labute approximate surface area is 178 Å². The molecule has 1 unspecified atom stereocenters. The third kappa shape index (κ3) is 5.16. The SMILES string of the molecule is Cc1ccc(-c2cnc(CCC(=O)NC3CCN(Cc4ccccc4)C3)o2)cc1C. The van der Waals surface area contributed by atoms with Gasteiger partial charge in [-0.05, 0) is 43.0 Å². The lowest BCUT2D eigenvalue weighted by atomic mass is 10.1. The summed E-state index contributed by atoms with van der Waals surface area (Å²) in [5.41, 5.74) is 4.81. The maximum Gasteiger partial charge on any atom is 0.220 e. The zero-order valence-electron chi connectivity index (χ0n) is 17.7. The second kappa shape index (κ2) is 9.26. The van der Waals surface area contributed by atoms with Crippen LogP contribution in [0.3, 0.4) is 0 Å². The number of aryl methyl sites for hydroxylation is 3. The van der Waals surface area contributed by atoms with Gasteiger partial charge in [-0.25, -0.2) is 4.98 Å². The van der Waals surface area contributed by atoms with E-state index in [-0.39, 0.29) is 11.9 Å². The molecule has 0 radical (unpaired) electrons. The Balaban J connectivity index is 1.23. The maximum atomic E-state index is 12.4. The fourth-order valence-electron chi connectivity index (χ4n) is 3.91. The number of oxazole rings is 1. The van der Waals surface area contributed by atoms with Crippen LogP contribution in [0.5, 0.6) is 0 Å². The number of carbonyl (C=O) groups excluding carboxylic acids is 1. The summed E-state index contributed by atoms with van der Waals surface area (Å²) in [4.78, 5) is 19.1. The van der Waals surface area contributed by atoms with E-state index < -0.39 is 0 Å². The van der Waals surface area contributed by atoms with Crippen molar-refractivity contribution in [2.24, 2.45) is 0 Å². The van der Waals surface area contributed by atoms with Gasteiger partial charge in [-0.1, -0.05) is 42.5 Å². The van der Waals surface area contributed by atoms with Gasteiger partial charge in [0.2, 0.25) is 5.91 Å². The highest BCUT2D eigenvalue weighted by molar-refractivity contribution is 5.76. The summed E-state index contributed by atoms with van der Waals surface area (Å²) >= 11 is 0. The Morgan fingerprint density at radius 2 is 2.00 bits per heavy atom. The molecule has 156 valence electrons. The van der Waals surface area contributed by atoms with Crippen LogP contribution >= 0.6 is 0 Å². The van der Waals surface area contributed by atoms with E-state index >= 15 is 0 Å². The van der Waals surface area contributed by atoms with Crippen molar-refractivity contribution in [3.8, 4) is 11.3 Å². The molecule has 1 fully saturated rings. The van der Waals surface area contributed by atoms with Crippen molar-refractivity contribution in [3.63, 3.8) is 0 Å². The molecule has 30 heavy (non-hydrogen) atoms. The van der Waals surface area contributed by atoms with E-state index in [1.165, 1.54) is 16.7 Å². The molecule has 1 atom stereocenters. The van der Waals surface area contributed by atoms with Crippen LogP contribution < -0.4 is 5.32 Å². The second-order valence-corrected chi connectivity index (χ2v) is 8.19. The topological polar surface area (TPSA) is 58.4 Å². The Morgan fingerprint density at radius 1 is 1.17 bits per heavy atom. The minimum absolute atomic E-state index is 0.0625. The Morgan fingerprint density at radius 3 is 2.80 bits per heavy atom. The van der Waals surface area contributed by atoms with Crippen molar-refractivity contribution in [1.29, 1.82) is 0 Å². The summed E-state index contributed by atoms with van der Waals surface area (Å²) in [7, 11) is 0. The Bertz CT molecular complexity index is 997. The van der Waals surface area contributed by atoms with E-state index in [2.05, 4.69) is 65.4 Å². The number of aromatic nitrogens is 1. The van der Waals surface area contributed by atoms with Gasteiger partial charge in [0.1, 0.15) is 0 Å². The van der Waals surface area contributed by atoms with Crippen LogP contribution in [0.15, 0.2) is 59.1 Å². The number of nitrogens with zero attached hydrogens (tertiary/aromatic N) is 2. The summed E-state index contributed by atoms with van der Waals surface area (Å²) < 4.78 is 5.87. The Hall–Kier alpha value is -2.92. The summed E-state index contributed by atoms with van der Waals surface area (Å²) in [5, 5.41) is 3.17. The van der Waals surface area contributed by atoms with Gasteiger partial charge in [0, 0.05) is 44.1 Å². The molecule has 5 heteroatoms. The smallest absolute Gasteiger partial charge is 0.220 e. The van der Waals surface area contributed by atoms with E-state index in [9.17, 15) is 4.79 Å². The van der Waals surface area contributed by atoms with Crippen LogP contribution in [-0.4, -0.2) is 34.9 Å². The second-order valence-electron chi connectivity index (χ2n) is 8.19. The number of nitrogens with one attached hydrogen (secondary N) is 1. The molecular formula is C25H29N3O2. The molecule has 1 aliphatic rings. The molecule has 1 N–H and O–H groups in total. The molecule has 4 rings (SSSR count). The van der Waals surface area contributed by atoms with Crippen molar-refractivity contribution in [2.75, 3.05) is 13.1 Å². The van der Waals surface area contributed by atoms with Gasteiger partial charge in [-0.15, -0.1) is 0 Å². The first-order chi connectivity index (χ1) is 14.6. The molecule has 0 saturated carbocycles. The largest absolute Gasteiger partial charge is 0.441 e. The van der Waals surface area contributed by atoms with Crippen LogP contribution in [-0.2, 0) is 17.8 Å². The number of carbonyl (C=O) groups is 1. The lowest BCUT2D eigenvalue weighted by molar-refractivity contribution is -0.121. The van der Waals surface area contributed by atoms with Gasteiger partial charge in [0.15, 0.2) is 11.7 Å². The molecule has 2 aromatic carbocycles. The molecule has 0 aliphatic carbocycles. The first-order valence-corrected chi connectivity index (χ1v) is 10.6. The highest BCUT2D eigenvalue weighted by Gasteiger charge is 2.23. The van der Waals surface area contributed by atoms with Gasteiger partial charge in [0.25, 0.3) is 0 Å². The van der Waals surface area contributed by atoms with E-state index in [4.69, 9.17) is 4.42 Å². The zero-order valence-corrected chi connectivity index (χ0v) is 17.7. The highest BCUT2D eigenvalue weighted by atomic mass is 16.4. The van der Waals surface area contributed by atoms with Crippen molar-refractivity contribution < 1.29 is 9.21 Å². The maximum absolute atomic E-state index is 12.4. The average molecular weight is 404 g/mol. The molecule has 0 spiro atoms. The standard InChI is InChI=1S/C25H29N3O2/c1-18-8-9-21(14-19(18)2)23-15-26-25(30-23)11-10-24(29)27-22-12-13-28(17-22)16-20-6-4-3-5-7-20/h3-9,14-15,22H,10-13,16-17H2,1-2H3,(H,27,29). The van der Waals surface area contributed by atoms with E-state index in [1.54, 1.807) is 6.20 Å². The van der Waals surface area contributed by atoms with E-state index in [0.29, 0.717) is 18.7 Å². The van der Waals surface area contributed by atoms with Gasteiger partial charge >= 0.3 is 0 Å². The fourth-order valence-corrected chi connectivity index (χ4v) is 3.91. The summed E-state index contributed by atoms with van der Waals surface area (Å²) in [6.07, 6.45) is 3.64. The highest BCUT2D eigenvalue weighted by Crippen LogP contribution is 2.23. The molecule has 2 heterocycles. The quantitative estimate of drug-likeness (QED) is 0.640. The van der Waals surface area contributed by atoms with Crippen molar-refractivity contribution in [3.05, 3.63) is 77.3 Å². The lowest BCUT2D eigenvalue weighted by Gasteiger charge is -2.16. The van der Waals surface area contributed by atoms with Gasteiger partial charge in [-0.3, -0.25) is 9.69 Å². The van der Waals surface area contributed by atoms with E-state index in [0.717, 1.165) is 37.4 Å². The number of benzene rings is 2. The molecule has 3 aromatic rings. The first kappa shape index (κ1) is 20.4. The monoisotopic (exact) mass is 403 g/mol. The molecule has 1 saturated heterocycles. The van der Waals surface area contributed by atoms with Crippen LogP contribution in [0, 0.1) is 13.8 Å². The molecule has 1 amide bonds. The third-order valence-electron chi connectivity index (χ3n) is 5.80. The van der Waals surface area contributed by atoms with Crippen molar-refractivity contribution >= 4 is 5.91 Å². The van der Waals surface area contributed by atoms with Crippen LogP contribution in [0.1, 0.15) is 35.4 Å². The lowest BCUT2D eigenvalue weighted by Crippen LogP contribution is -2.37. The minimum atomic E-state index is 0.0625. The van der Waals surface area contributed by atoms with Gasteiger partial charge in [0.05, 0.1) is 6.20 Å². The van der Waals surface area contributed by atoms with Crippen molar-refractivity contribution in [2.45, 2.75) is 45.7 Å². The molecular weight excluding hydrogens is 374 g/mol. The molecule has 1 aliphatic heterocycles. The fraction of sp³-hybridized carbons (Fsp3) is 0.360. The minimum Gasteiger partial charge on any atom is -0.441 e. The Kier molecular flexibility index (Phi) is 6.29. The van der Waals surface area contributed by atoms with Crippen LogP contribution in [0.4, 0.5) is 0 Å². The summed E-state index contributed by atoms with van der Waals surface area (Å²) in [6, 6.07) is 16.9. The van der Waals surface area contributed by atoms with Gasteiger partial charge in [-0.2, -0.15) is 0 Å². The van der Waals surface area contributed by atoms with Crippen LogP contribution in [0.2, 0.25) is 0 Å². The molecule has 1 aromatic heterocycles. The zero-order chi connectivity index (χ0) is 20.9. The predicted molar refractivity (Wildman–Crippen MR) is 118 cm³/mol. The predicted octanol–water partition coefficient (Wildman–Crippen LogP) is 4.28. The van der Waals surface area contributed by atoms with Gasteiger partial charge < -0.3 is 9.73 Å². The van der Waals surface area contributed by atoms with E-state index in [1.807, 2.05) is 12.1 Å². The molecule has 5 nitrogen and oxygen atoms in total. The average Bonchev–Trinajstić information content (AvgIpc) is 3.39. The number of hydrogen-bond acceptors (Lipinski definition) is 4. The normalized spacial score (nSPS) is 16.7. The number of amides is 1. The summed E-state index contributed by atoms with van der Waals surface area (Å²) in [6.45, 7) is 7.03. The summed E-state index contributed by atoms with van der Waals surface area (Å²) in [5.74, 6) is 1.42. The van der Waals surface area contributed by atoms with Crippen LogP contribution in [0.25, 0.3) is 11.3 Å². The first-order valence-electron chi connectivity index (χ1n) is 10.6. The molecule has 0 bridgehead atoms. The van der Waals surface area contributed by atoms with Crippen molar-refractivity contribution in [1.82, 2.24) is 15.2 Å².